The third-order valence-corrected chi connectivity index (χ3v) is 2.51. The van der Waals surface area contributed by atoms with E-state index < -0.39 is 0 Å². The van der Waals surface area contributed by atoms with Gasteiger partial charge in [-0.2, -0.15) is 0 Å². The molecule has 0 aliphatic carbocycles. The molecule has 1 unspecified atom stereocenters. The second kappa shape index (κ2) is 6.17. The summed E-state index contributed by atoms with van der Waals surface area (Å²) in [6.07, 6.45) is 3.54. The molecule has 1 aliphatic heterocycles. The first-order valence-corrected chi connectivity index (χ1v) is 5.22. The van der Waals surface area contributed by atoms with Crippen LogP contribution in [0, 0.1) is 5.92 Å². The summed E-state index contributed by atoms with van der Waals surface area (Å²) in [6, 6.07) is 0. The normalized spacial score (nSPS) is 22.1. The second-order valence-electron chi connectivity index (χ2n) is 3.97. The molecule has 1 atom stereocenters. The van der Waals surface area contributed by atoms with E-state index in [1.807, 2.05) is 6.92 Å². The second-order valence-corrected chi connectivity index (χ2v) is 3.97. The fourth-order valence-corrected chi connectivity index (χ4v) is 1.56. The Morgan fingerprint density at radius 2 is 2.38 bits per heavy atom. The Morgan fingerprint density at radius 1 is 1.54 bits per heavy atom. The van der Waals surface area contributed by atoms with Crippen molar-refractivity contribution in [3.05, 3.63) is 12.2 Å². The lowest BCUT2D eigenvalue weighted by molar-refractivity contribution is 0.124. The van der Waals surface area contributed by atoms with Gasteiger partial charge in [-0.25, -0.2) is 0 Å². The van der Waals surface area contributed by atoms with Crippen LogP contribution in [-0.4, -0.2) is 26.3 Å². The maximum Gasteiger partial charge on any atom is 0.0502 e. The summed E-state index contributed by atoms with van der Waals surface area (Å²) < 4.78 is 5.52. The molecule has 2 heteroatoms. The largest absolute Gasteiger partial charge is 0.381 e. The van der Waals surface area contributed by atoms with Gasteiger partial charge in [0.15, 0.2) is 0 Å². The Balaban J connectivity index is 1.86. The monoisotopic (exact) mass is 183 g/mol. The Morgan fingerprint density at radius 3 is 3.00 bits per heavy atom. The van der Waals surface area contributed by atoms with Crippen LogP contribution in [0.1, 0.15) is 26.2 Å². The maximum atomic E-state index is 5.52. The smallest absolute Gasteiger partial charge is 0.0502 e. The summed E-state index contributed by atoms with van der Waals surface area (Å²) in [4.78, 5) is 0. The maximum absolute atomic E-state index is 5.52. The number of hydrogen-bond donors (Lipinski definition) is 1. The Labute approximate surface area is 81.4 Å². The lowest BCUT2D eigenvalue weighted by atomic mass is 10.1. The molecule has 1 aliphatic rings. The van der Waals surface area contributed by atoms with Gasteiger partial charge in [0, 0.05) is 6.61 Å². The van der Waals surface area contributed by atoms with Crippen molar-refractivity contribution >= 4 is 0 Å². The van der Waals surface area contributed by atoms with Crippen molar-refractivity contribution in [1.82, 2.24) is 5.32 Å². The van der Waals surface area contributed by atoms with Crippen molar-refractivity contribution in [2.45, 2.75) is 26.2 Å². The molecule has 0 aromatic carbocycles. The average Bonchev–Trinajstić information content (AvgIpc) is 2.55. The summed E-state index contributed by atoms with van der Waals surface area (Å²) in [5, 5.41) is 3.36. The van der Waals surface area contributed by atoms with Gasteiger partial charge in [-0.3, -0.25) is 0 Å². The number of ether oxygens (including phenoxy) is 1. The molecular weight excluding hydrogens is 162 g/mol. The molecule has 0 aromatic heterocycles. The quantitative estimate of drug-likeness (QED) is 0.502. The minimum absolute atomic E-state index is 0.843. The summed E-state index contributed by atoms with van der Waals surface area (Å²) >= 11 is 0. The van der Waals surface area contributed by atoms with Crippen LogP contribution >= 0.6 is 0 Å². The molecular formula is C11H21NO. The van der Waals surface area contributed by atoms with E-state index in [1.165, 1.54) is 31.5 Å². The SMILES string of the molecule is C=C(C)CCOCCC1CCNC1. The molecule has 1 N–H and O–H groups in total. The van der Waals surface area contributed by atoms with E-state index in [0.717, 1.165) is 25.6 Å². The van der Waals surface area contributed by atoms with Gasteiger partial charge >= 0.3 is 0 Å². The van der Waals surface area contributed by atoms with Crippen LogP contribution in [0.5, 0.6) is 0 Å². The summed E-state index contributed by atoms with van der Waals surface area (Å²) in [5.74, 6) is 0.852. The molecule has 1 rings (SSSR count). The molecule has 13 heavy (non-hydrogen) atoms. The average molecular weight is 183 g/mol. The van der Waals surface area contributed by atoms with Crippen LogP contribution in [0.25, 0.3) is 0 Å². The van der Waals surface area contributed by atoms with E-state index in [0.29, 0.717) is 0 Å². The van der Waals surface area contributed by atoms with Crippen molar-refractivity contribution < 1.29 is 4.74 Å². The van der Waals surface area contributed by atoms with Crippen LogP contribution < -0.4 is 5.32 Å². The standard InChI is InChI=1S/C11H21NO/c1-10(2)4-7-13-8-5-11-3-6-12-9-11/h11-12H,1,3-9H2,2H3. The lowest BCUT2D eigenvalue weighted by Crippen LogP contribution is -2.11. The van der Waals surface area contributed by atoms with Gasteiger partial charge in [-0.1, -0.05) is 5.57 Å². The van der Waals surface area contributed by atoms with E-state index in [9.17, 15) is 0 Å². The highest BCUT2D eigenvalue weighted by molar-refractivity contribution is 4.87. The van der Waals surface area contributed by atoms with Crippen molar-refractivity contribution in [1.29, 1.82) is 0 Å². The Hall–Kier alpha value is -0.340. The first kappa shape index (κ1) is 10.7. The molecule has 1 heterocycles. The molecule has 1 saturated heterocycles. The van der Waals surface area contributed by atoms with Crippen LogP contribution in [0.4, 0.5) is 0 Å². The number of hydrogen-bond acceptors (Lipinski definition) is 2. The molecule has 1 fully saturated rings. The van der Waals surface area contributed by atoms with Gasteiger partial charge in [0.1, 0.15) is 0 Å². The van der Waals surface area contributed by atoms with Crippen LogP contribution in [0.15, 0.2) is 12.2 Å². The van der Waals surface area contributed by atoms with Gasteiger partial charge in [0.25, 0.3) is 0 Å². The lowest BCUT2D eigenvalue weighted by Gasteiger charge is -2.08. The molecule has 0 spiro atoms. The molecule has 2 nitrogen and oxygen atoms in total. The molecule has 76 valence electrons. The minimum atomic E-state index is 0.843. The summed E-state index contributed by atoms with van der Waals surface area (Å²) in [5.41, 5.74) is 1.21. The molecule has 0 radical (unpaired) electrons. The van der Waals surface area contributed by atoms with Crippen molar-refractivity contribution in [2.24, 2.45) is 5.92 Å². The zero-order chi connectivity index (χ0) is 9.52. The van der Waals surface area contributed by atoms with Crippen molar-refractivity contribution in [3.63, 3.8) is 0 Å². The number of rotatable bonds is 6. The highest BCUT2D eigenvalue weighted by Gasteiger charge is 2.13. The fraction of sp³-hybridized carbons (Fsp3) is 0.818. The van der Waals surface area contributed by atoms with Gasteiger partial charge in [-0.05, 0) is 45.2 Å². The van der Waals surface area contributed by atoms with Crippen LogP contribution in [0.2, 0.25) is 0 Å². The molecule has 0 bridgehead atoms. The highest BCUT2D eigenvalue weighted by atomic mass is 16.5. The van der Waals surface area contributed by atoms with Gasteiger partial charge < -0.3 is 10.1 Å². The first-order valence-electron chi connectivity index (χ1n) is 5.22. The van der Waals surface area contributed by atoms with E-state index in [-0.39, 0.29) is 0 Å². The van der Waals surface area contributed by atoms with Crippen LogP contribution in [-0.2, 0) is 4.74 Å². The Kier molecular flexibility index (Phi) is 5.09. The zero-order valence-electron chi connectivity index (χ0n) is 8.64. The van der Waals surface area contributed by atoms with E-state index in [4.69, 9.17) is 4.74 Å². The third-order valence-electron chi connectivity index (χ3n) is 2.51. The molecule has 0 saturated carbocycles. The fourth-order valence-electron chi connectivity index (χ4n) is 1.56. The topological polar surface area (TPSA) is 21.3 Å². The predicted molar refractivity (Wildman–Crippen MR) is 55.8 cm³/mol. The number of nitrogens with one attached hydrogen (secondary N) is 1. The van der Waals surface area contributed by atoms with E-state index >= 15 is 0 Å². The minimum Gasteiger partial charge on any atom is -0.381 e. The Bertz CT molecular complexity index is 150. The van der Waals surface area contributed by atoms with Gasteiger partial charge in [0.2, 0.25) is 0 Å². The molecule has 0 amide bonds. The third kappa shape index (κ3) is 5.06. The van der Waals surface area contributed by atoms with E-state index in [2.05, 4.69) is 11.9 Å². The van der Waals surface area contributed by atoms with Gasteiger partial charge in [-0.15, -0.1) is 6.58 Å². The molecule has 0 aromatic rings. The predicted octanol–water partition coefficient (Wildman–Crippen LogP) is 1.97. The van der Waals surface area contributed by atoms with Crippen molar-refractivity contribution in [2.75, 3.05) is 26.3 Å². The van der Waals surface area contributed by atoms with Crippen molar-refractivity contribution in [3.8, 4) is 0 Å². The highest BCUT2D eigenvalue weighted by Crippen LogP contribution is 2.11. The summed E-state index contributed by atoms with van der Waals surface area (Å²) in [6.45, 7) is 10.0. The summed E-state index contributed by atoms with van der Waals surface area (Å²) in [7, 11) is 0. The van der Waals surface area contributed by atoms with Gasteiger partial charge in [0.05, 0.1) is 6.61 Å². The van der Waals surface area contributed by atoms with E-state index in [1.54, 1.807) is 0 Å². The first-order chi connectivity index (χ1) is 6.29. The van der Waals surface area contributed by atoms with Crippen LogP contribution in [0.3, 0.4) is 0 Å². The zero-order valence-corrected chi connectivity index (χ0v) is 8.64.